The van der Waals surface area contributed by atoms with Gasteiger partial charge in [0.15, 0.2) is 0 Å². The van der Waals surface area contributed by atoms with Gasteiger partial charge >= 0.3 is 0 Å². The van der Waals surface area contributed by atoms with Gasteiger partial charge in [0.25, 0.3) is 23.6 Å². The predicted octanol–water partition coefficient (Wildman–Crippen LogP) is 4.91. The molecule has 0 atom stereocenters. The number of carbonyl (C=O) groups is 4. The Morgan fingerprint density at radius 1 is 0.725 bits per heavy atom. The summed E-state index contributed by atoms with van der Waals surface area (Å²) < 4.78 is 5.24. The highest BCUT2D eigenvalue weighted by Gasteiger charge is 2.41. The fourth-order valence-corrected chi connectivity index (χ4v) is 5.43. The van der Waals surface area contributed by atoms with Crippen LogP contribution in [0.25, 0.3) is 10.8 Å². The minimum Gasteiger partial charge on any atom is -0.494 e. The van der Waals surface area contributed by atoms with Crippen molar-refractivity contribution in [3.8, 4) is 5.75 Å². The second-order valence-electron chi connectivity index (χ2n) is 9.58. The van der Waals surface area contributed by atoms with Crippen LogP contribution < -0.4 is 19.8 Å². The minimum atomic E-state index is -0.651. The summed E-state index contributed by atoms with van der Waals surface area (Å²) >= 11 is 0. The highest BCUT2D eigenvalue weighted by atomic mass is 16.8. The number of carbonyl (C=O) groups excluding carboxylic acids is 4. The third-order valence-corrected chi connectivity index (χ3v) is 7.45. The average molecular weight is 538 g/mol. The molecule has 0 unspecified atom stereocenters. The van der Waals surface area contributed by atoms with Gasteiger partial charge in [-0.05, 0) is 66.9 Å². The van der Waals surface area contributed by atoms with Crippen LogP contribution in [0.1, 0.15) is 59.5 Å². The maximum atomic E-state index is 13.8. The normalized spacial score (nSPS) is 14.3. The number of imide groups is 2. The van der Waals surface area contributed by atoms with Crippen LogP contribution in [0.4, 0.5) is 17.1 Å². The Kier molecular flexibility index (Phi) is 5.68. The van der Waals surface area contributed by atoms with Gasteiger partial charge in [0, 0.05) is 39.1 Å². The fraction of sp³-hybridized carbons (Fsp3) is 0.133. The molecule has 0 spiro atoms. The summed E-state index contributed by atoms with van der Waals surface area (Å²) in [5.74, 6) is -2.36. The molecule has 0 aromatic heterocycles. The van der Waals surface area contributed by atoms with Crippen molar-refractivity contribution in [2.45, 2.75) is 20.3 Å². The number of rotatable bonds is 5. The molecule has 200 valence electrons. The molecular weight excluding hydrogens is 514 g/mol. The zero-order valence-corrected chi connectivity index (χ0v) is 21.8. The Labute approximate surface area is 228 Å². The second kappa shape index (κ2) is 9.01. The highest BCUT2D eigenvalue weighted by molar-refractivity contribution is 6.42. The van der Waals surface area contributed by atoms with Gasteiger partial charge in [0.1, 0.15) is 11.4 Å². The topological polar surface area (TPSA) is 128 Å². The lowest BCUT2D eigenvalue weighted by Crippen LogP contribution is -2.43. The molecule has 4 aromatic rings. The van der Waals surface area contributed by atoms with Crippen LogP contribution >= 0.6 is 0 Å². The summed E-state index contributed by atoms with van der Waals surface area (Å²) in [5, 5.41) is 19.5. The van der Waals surface area contributed by atoms with E-state index in [9.17, 15) is 29.6 Å². The van der Waals surface area contributed by atoms with Crippen molar-refractivity contribution in [3.63, 3.8) is 0 Å². The lowest BCUT2D eigenvalue weighted by Gasteiger charge is -2.32. The quantitative estimate of drug-likeness (QED) is 0.272. The van der Waals surface area contributed by atoms with E-state index in [0.29, 0.717) is 11.3 Å². The van der Waals surface area contributed by atoms with Crippen LogP contribution in [-0.4, -0.2) is 41.2 Å². The van der Waals surface area contributed by atoms with E-state index in [1.54, 1.807) is 19.1 Å². The first kappa shape index (κ1) is 25.2. The van der Waals surface area contributed by atoms with Crippen LogP contribution in [0.15, 0.2) is 60.7 Å². The molecule has 0 aliphatic carbocycles. The standard InChI is InChI=1S/C30H23N3O7/c1-4-16-5-7-17(8-6-16)31-27(34)18-9-11-20-26-21(12-10-19(25(18)26)28(31)35)30(37)32(29(20)36)22-14-24(40-3)23(33(38)39)13-15(22)2/h5-14,38-39H,4H2,1-3H3. The van der Waals surface area contributed by atoms with Crippen LogP contribution in [-0.2, 0) is 6.42 Å². The van der Waals surface area contributed by atoms with Gasteiger partial charge in [-0.2, -0.15) is 0 Å². The molecule has 0 bridgehead atoms. The number of nitrogens with zero attached hydrogens (tertiary/aromatic N) is 3. The molecular formula is C30H23N3O7. The first-order valence-corrected chi connectivity index (χ1v) is 12.5. The zero-order chi connectivity index (χ0) is 28.5. The summed E-state index contributed by atoms with van der Waals surface area (Å²) in [6, 6.07) is 15.9. The van der Waals surface area contributed by atoms with E-state index in [2.05, 4.69) is 0 Å². The smallest absolute Gasteiger partial charge is 0.265 e. The number of amides is 4. The molecule has 2 N–H and O–H groups in total. The van der Waals surface area contributed by atoms with Gasteiger partial charge in [0.05, 0.1) is 18.5 Å². The predicted molar refractivity (Wildman–Crippen MR) is 146 cm³/mol. The molecule has 2 heterocycles. The van der Waals surface area contributed by atoms with Gasteiger partial charge in [0.2, 0.25) is 0 Å². The number of aryl methyl sites for hydroxylation is 2. The van der Waals surface area contributed by atoms with Crippen LogP contribution in [0.3, 0.4) is 0 Å². The number of anilines is 3. The Balaban J connectivity index is 1.50. The number of methoxy groups -OCH3 is 1. The number of hydrogen-bond donors (Lipinski definition) is 2. The van der Waals surface area contributed by atoms with E-state index in [-0.39, 0.29) is 55.4 Å². The van der Waals surface area contributed by atoms with Crippen molar-refractivity contribution in [2.75, 3.05) is 22.1 Å². The van der Waals surface area contributed by atoms with Gasteiger partial charge < -0.3 is 4.74 Å². The van der Waals surface area contributed by atoms with Gasteiger partial charge in [-0.3, -0.25) is 29.6 Å². The lowest BCUT2D eigenvalue weighted by atomic mass is 9.85. The van der Waals surface area contributed by atoms with E-state index in [0.717, 1.165) is 21.8 Å². The summed E-state index contributed by atoms with van der Waals surface area (Å²) in [7, 11) is 1.31. The average Bonchev–Trinajstić information content (AvgIpc) is 2.95. The van der Waals surface area contributed by atoms with E-state index in [1.165, 1.54) is 43.5 Å². The van der Waals surface area contributed by atoms with E-state index >= 15 is 0 Å². The summed E-state index contributed by atoms with van der Waals surface area (Å²) in [4.78, 5) is 56.9. The molecule has 40 heavy (non-hydrogen) atoms. The molecule has 2 aliphatic rings. The Morgan fingerprint density at radius 2 is 1.20 bits per heavy atom. The van der Waals surface area contributed by atoms with Crippen molar-refractivity contribution in [1.82, 2.24) is 0 Å². The summed E-state index contributed by atoms with van der Waals surface area (Å²) in [6.07, 6.45) is 0.812. The molecule has 6 rings (SSSR count). The van der Waals surface area contributed by atoms with E-state index in [1.807, 2.05) is 19.1 Å². The molecule has 0 saturated heterocycles. The van der Waals surface area contributed by atoms with Crippen molar-refractivity contribution in [3.05, 3.63) is 94.0 Å². The first-order chi connectivity index (χ1) is 19.2. The van der Waals surface area contributed by atoms with Gasteiger partial charge in [-0.25, -0.2) is 9.80 Å². The fourth-order valence-electron chi connectivity index (χ4n) is 5.43. The molecule has 10 heteroatoms. The minimum absolute atomic E-state index is 0.0190. The van der Waals surface area contributed by atoms with Crippen LogP contribution in [0.5, 0.6) is 5.75 Å². The third-order valence-electron chi connectivity index (χ3n) is 7.45. The molecule has 0 fully saturated rings. The molecule has 2 aliphatic heterocycles. The number of ether oxygens (including phenoxy) is 1. The third kappa shape index (κ3) is 3.43. The van der Waals surface area contributed by atoms with Crippen LogP contribution in [0.2, 0.25) is 0 Å². The maximum Gasteiger partial charge on any atom is 0.265 e. The van der Waals surface area contributed by atoms with E-state index < -0.39 is 23.6 Å². The Morgan fingerprint density at radius 3 is 1.62 bits per heavy atom. The molecule has 10 nitrogen and oxygen atoms in total. The number of benzene rings is 4. The van der Waals surface area contributed by atoms with Gasteiger partial charge in [-0.15, -0.1) is 5.23 Å². The largest absolute Gasteiger partial charge is 0.494 e. The Hall–Kier alpha value is -5.06. The molecule has 0 saturated carbocycles. The Bertz CT molecular complexity index is 1720. The highest BCUT2D eigenvalue weighted by Crippen LogP contribution is 2.42. The zero-order valence-electron chi connectivity index (χ0n) is 21.8. The maximum absolute atomic E-state index is 13.8. The van der Waals surface area contributed by atoms with Crippen molar-refractivity contribution in [1.29, 1.82) is 0 Å². The van der Waals surface area contributed by atoms with Crippen molar-refractivity contribution in [2.24, 2.45) is 0 Å². The second-order valence-corrected chi connectivity index (χ2v) is 9.58. The lowest BCUT2D eigenvalue weighted by molar-refractivity contribution is 0.0278. The van der Waals surface area contributed by atoms with Crippen LogP contribution in [0, 0.1) is 6.92 Å². The summed E-state index contributed by atoms with van der Waals surface area (Å²) in [6.45, 7) is 3.62. The molecule has 4 aromatic carbocycles. The molecule has 0 radical (unpaired) electrons. The van der Waals surface area contributed by atoms with Crippen molar-refractivity contribution >= 4 is 51.5 Å². The number of hydrogen-bond acceptors (Lipinski definition) is 8. The summed E-state index contributed by atoms with van der Waals surface area (Å²) in [5.41, 5.74) is 2.75. The molecule has 4 amide bonds. The first-order valence-electron chi connectivity index (χ1n) is 12.5. The monoisotopic (exact) mass is 537 g/mol. The van der Waals surface area contributed by atoms with Gasteiger partial charge in [-0.1, -0.05) is 19.1 Å². The van der Waals surface area contributed by atoms with E-state index in [4.69, 9.17) is 4.74 Å². The van der Waals surface area contributed by atoms with Crippen molar-refractivity contribution < 1.29 is 34.3 Å². The SMILES string of the molecule is CCc1ccc(N2C(=O)c3ccc4c5c(ccc(c35)C2=O)C(=O)N(c2cc(OC)c(N(O)O)cc2C)C4=O)cc1.